The predicted octanol–water partition coefficient (Wildman–Crippen LogP) is 0.162. The van der Waals surface area contributed by atoms with Gasteiger partial charge >= 0.3 is 0 Å². The molecule has 2 aromatic rings. The fourth-order valence-electron chi connectivity index (χ4n) is 1.84. The number of rotatable bonds is 3. The fraction of sp³-hybridized carbons (Fsp3) is 0.333. The molecule has 0 aliphatic carbocycles. The minimum atomic E-state index is -0.626. The third-order valence-electron chi connectivity index (χ3n) is 2.75. The second kappa shape index (κ2) is 4.68. The number of Topliss-reactive ketones (excluding diaryl/α,β-unsaturated/α-hetero) is 1. The lowest BCUT2D eigenvalue weighted by Crippen LogP contribution is -2.37. The standard InChI is InChI=1S/C12H12N4O3/c1-16-14-12(13-15-16)6-8(17)11-7-18-9-4-2-3-5-10(9)19-11/h2-5,11H,6-7H2,1H3. The zero-order valence-electron chi connectivity index (χ0n) is 10.3. The number of hydrogen-bond donors (Lipinski definition) is 0. The third kappa shape index (κ3) is 2.40. The van der Waals surface area contributed by atoms with Crippen molar-refractivity contribution in [1.29, 1.82) is 0 Å². The molecule has 0 fully saturated rings. The van der Waals surface area contributed by atoms with E-state index < -0.39 is 6.10 Å². The lowest BCUT2D eigenvalue weighted by atomic mass is 10.1. The van der Waals surface area contributed by atoms with Crippen molar-refractivity contribution in [3.8, 4) is 11.5 Å². The molecule has 98 valence electrons. The van der Waals surface area contributed by atoms with Gasteiger partial charge in [0.2, 0.25) is 0 Å². The number of para-hydroxylation sites is 2. The quantitative estimate of drug-likeness (QED) is 0.782. The van der Waals surface area contributed by atoms with Gasteiger partial charge in [0.05, 0.1) is 13.5 Å². The predicted molar refractivity (Wildman–Crippen MR) is 63.9 cm³/mol. The minimum absolute atomic E-state index is 0.0873. The molecule has 1 aliphatic heterocycles. The molecular formula is C12H12N4O3. The van der Waals surface area contributed by atoms with Crippen molar-refractivity contribution in [2.75, 3.05) is 6.61 Å². The molecule has 0 saturated carbocycles. The van der Waals surface area contributed by atoms with Crippen LogP contribution in [0, 0.1) is 0 Å². The smallest absolute Gasteiger partial charge is 0.191 e. The molecule has 7 heteroatoms. The number of tetrazole rings is 1. The van der Waals surface area contributed by atoms with E-state index in [0.717, 1.165) is 0 Å². The molecule has 19 heavy (non-hydrogen) atoms. The Bertz CT molecular complexity index is 611. The Morgan fingerprint density at radius 3 is 2.95 bits per heavy atom. The first kappa shape index (κ1) is 11.6. The molecule has 0 bridgehead atoms. The van der Waals surface area contributed by atoms with E-state index in [9.17, 15) is 4.79 Å². The first-order chi connectivity index (χ1) is 9.22. The van der Waals surface area contributed by atoms with Crippen molar-refractivity contribution in [2.24, 2.45) is 7.05 Å². The van der Waals surface area contributed by atoms with Crippen LogP contribution < -0.4 is 9.47 Å². The zero-order chi connectivity index (χ0) is 13.2. The topological polar surface area (TPSA) is 79.1 Å². The molecule has 1 aromatic heterocycles. The summed E-state index contributed by atoms with van der Waals surface area (Å²) in [6, 6.07) is 7.27. The van der Waals surface area contributed by atoms with Crippen molar-refractivity contribution < 1.29 is 14.3 Å². The Balaban J connectivity index is 1.69. The SMILES string of the molecule is Cn1nnc(CC(=O)C2COc3ccccc3O2)n1. The highest BCUT2D eigenvalue weighted by molar-refractivity contribution is 5.85. The lowest BCUT2D eigenvalue weighted by Gasteiger charge is -2.25. The lowest BCUT2D eigenvalue weighted by molar-refractivity contribution is -0.127. The largest absolute Gasteiger partial charge is 0.485 e. The van der Waals surface area contributed by atoms with Gasteiger partial charge < -0.3 is 9.47 Å². The van der Waals surface area contributed by atoms with Gasteiger partial charge in [-0.3, -0.25) is 4.79 Å². The van der Waals surface area contributed by atoms with Crippen LogP contribution in [-0.2, 0) is 18.3 Å². The van der Waals surface area contributed by atoms with Crippen LogP contribution in [0.25, 0.3) is 0 Å². The summed E-state index contributed by atoms with van der Waals surface area (Å²) in [7, 11) is 1.65. The minimum Gasteiger partial charge on any atom is -0.485 e. The summed E-state index contributed by atoms with van der Waals surface area (Å²) in [5, 5.41) is 11.4. The van der Waals surface area contributed by atoms with Crippen molar-refractivity contribution in [1.82, 2.24) is 20.2 Å². The summed E-state index contributed by atoms with van der Waals surface area (Å²) in [4.78, 5) is 13.4. The van der Waals surface area contributed by atoms with E-state index in [1.54, 1.807) is 19.2 Å². The number of aromatic nitrogens is 4. The van der Waals surface area contributed by atoms with Crippen molar-refractivity contribution in [3.05, 3.63) is 30.1 Å². The number of hydrogen-bond acceptors (Lipinski definition) is 6. The van der Waals surface area contributed by atoms with Gasteiger partial charge in [-0.25, -0.2) is 0 Å². The Kier molecular flexibility index (Phi) is 2.86. The first-order valence-electron chi connectivity index (χ1n) is 5.86. The Morgan fingerprint density at radius 2 is 2.21 bits per heavy atom. The Labute approximate surface area is 109 Å². The number of benzene rings is 1. The van der Waals surface area contributed by atoms with Gasteiger partial charge in [0, 0.05) is 0 Å². The maximum absolute atomic E-state index is 12.1. The van der Waals surface area contributed by atoms with Crippen molar-refractivity contribution in [2.45, 2.75) is 12.5 Å². The number of carbonyl (C=O) groups excluding carboxylic acids is 1. The molecule has 1 aliphatic rings. The molecular weight excluding hydrogens is 248 g/mol. The van der Waals surface area contributed by atoms with Crippen LogP contribution in [0.5, 0.6) is 11.5 Å². The summed E-state index contributed by atoms with van der Waals surface area (Å²) in [6.07, 6.45) is -0.539. The second-order valence-corrected chi connectivity index (χ2v) is 4.20. The van der Waals surface area contributed by atoms with Gasteiger partial charge in [-0.2, -0.15) is 4.80 Å². The molecule has 7 nitrogen and oxygen atoms in total. The van der Waals surface area contributed by atoms with Crippen LogP contribution in [0.4, 0.5) is 0 Å². The monoisotopic (exact) mass is 260 g/mol. The van der Waals surface area contributed by atoms with E-state index in [2.05, 4.69) is 15.4 Å². The van der Waals surface area contributed by atoms with Gasteiger partial charge in [0.1, 0.15) is 6.61 Å². The van der Waals surface area contributed by atoms with E-state index in [4.69, 9.17) is 9.47 Å². The Hall–Kier alpha value is -2.44. The van der Waals surface area contributed by atoms with E-state index in [0.29, 0.717) is 17.3 Å². The van der Waals surface area contributed by atoms with Gasteiger partial charge in [0.15, 0.2) is 29.2 Å². The molecule has 0 spiro atoms. The molecule has 0 saturated heterocycles. The summed E-state index contributed by atoms with van der Waals surface area (Å²) >= 11 is 0. The van der Waals surface area contributed by atoms with Crippen LogP contribution >= 0.6 is 0 Å². The highest BCUT2D eigenvalue weighted by Crippen LogP contribution is 2.31. The fourth-order valence-corrected chi connectivity index (χ4v) is 1.84. The van der Waals surface area contributed by atoms with Crippen LogP contribution in [0.1, 0.15) is 5.82 Å². The average molecular weight is 260 g/mol. The Morgan fingerprint density at radius 1 is 1.42 bits per heavy atom. The number of ether oxygens (including phenoxy) is 2. The molecule has 2 heterocycles. The maximum Gasteiger partial charge on any atom is 0.191 e. The summed E-state index contributed by atoms with van der Waals surface area (Å²) < 4.78 is 11.1. The number of aryl methyl sites for hydroxylation is 1. The van der Waals surface area contributed by atoms with Crippen molar-refractivity contribution >= 4 is 5.78 Å². The molecule has 1 aromatic carbocycles. The van der Waals surface area contributed by atoms with Crippen LogP contribution in [0.15, 0.2) is 24.3 Å². The highest BCUT2D eigenvalue weighted by Gasteiger charge is 2.28. The molecule has 1 atom stereocenters. The van der Waals surface area contributed by atoms with E-state index in [1.807, 2.05) is 12.1 Å². The normalized spacial score (nSPS) is 17.2. The van der Waals surface area contributed by atoms with E-state index in [-0.39, 0.29) is 18.8 Å². The van der Waals surface area contributed by atoms with Gasteiger partial charge in [-0.05, 0) is 17.3 Å². The van der Waals surface area contributed by atoms with Crippen molar-refractivity contribution in [3.63, 3.8) is 0 Å². The third-order valence-corrected chi connectivity index (χ3v) is 2.75. The summed E-state index contributed by atoms with van der Waals surface area (Å²) in [6.45, 7) is 0.204. The average Bonchev–Trinajstić information content (AvgIpc) is 2.83. The maximum atomic E-state index is 12.1. The molecule has 1 unspecified atom stereocenters. The molecule has 3 rings (SSSR count). The van der Waals surface area contributed by atoms with Crippen LogP contribution in [-0.4, -0.2) is 38.7 Å². The number of carbonyl (C=O) groups is 1. The van der Waals surface area contributed by atoms with Gasteiger partial charge in [-0.1, -0.05) is 12.1 Å². The summed E-state index contributed by atoms with van der Waals surface area (Å²) in [5.41, 5.74) is 0. The van der Waals surface area contributed by atoms with E-state index in [1.165, 1.54) is 4.80 Å². The number of ketones is 1. The van der Waals surface area contributed by atoms with E-state index >= 15 is 0 Å². The van der Waals surface area contributed by atoms with Crippen LogP contribution in [0.3, 0.4) is 0 Å². The second-order valence-electron chi connectivity index (χ2n) is 4.20. The van der Waals surface area contributed by atoms with Gasteiger partial charge in [-0.15, -0.1) is 10.2 Å². The number of nitrogens with zero attached hydrogens (tertiary/aromatic N) is 4. The molecule has 0 radical (unpaired) electrons. The first-order valence-corrected chi connectivity index (χ1v) is 5.86. The number of fused-ring (bicyclic) bond motifs is 1. The molecule has 0 N–H and O–H groups in total. The summed E-state index contributed by atoms with van der Waals surface area (Å²) in [5.74, 6) is 1.50. The zero-order valence-corrected chi connectivity index (χ0v) is 10.3. The van der Waals surface area contributed by atoms with Crippen LogP contribution in [0.2, 0.25) is 0 Å². The highest BCUT2D eigenvalue weighted by atomic mass is 16.6. The van der Waals surface area contributed by atoms with Gasteiger partial charge in [0.25, 0.3) is 0 Å². The molecule has 0 amide bonds.